The fourth-order valence-corrected chi connectivity index (χ4v) is 3.52. The monoisotopic (exact) mass is 425 g/mol. The van der Waals surface area contributed by atoms with Crippen molar-refractivity contribution >= 4 is 22.8 Å². The van der Waals surface area contributed by atoms with Crippen LogP contribution in [0.3, 0.4) is 0 Å². The van der Waals surface area contributed by atoms with Gasteiger partial charge in [-0.05, 0) is 42.5 Å². The van der Waals surface area contributed by atoms with E-state index in [0.717, 1.165) is 22.3 Å². The van der Waals surface area contributed by atoms with Crippen LogP contribution in [0.4, 0.5) is 10.5 Å². The highest BCUT2D eigenvalue weighted by atomic mass is 16.5. The molecule has 0 aliphatic carbocycles. The number of nitrogens with zero attached hydrogens (tertiary/aromatic N) is 4. The van der Waals surface area contributed by atoms with Gasteiger partial charge in [-0.3, -0.25) is 5.10 Å². The normalized spacial score (nSPS) is 13.1. The number of rotatable bonds is 5. The van der Waals surface area contributed by atoms with E-state index in [1.165, 1.54) is 6.33 Å². The molecule has 0 spiro atoms. The lowest BCUT2D eigenvalue weighted by atomic mass is 10.1. The Morgan fingerprint density at radius 2 is 1.97 bits per heavy atom. The van der Waals surface area contributed by atoms with Crippen LogP contribution in [0.2, 0.25) is 0 Å². The number of nitrogens with one attached hydrogen (secondary N) is 2. The smallest absolute Gasteiger partial charge is 0.316 e. The molecule has 2 amide bonds. The van der Waals surface area contributed by atoms with E-state index >= 15 is 0 Å². The zero-order valence-electron chi connectivity index (χ0n) is 16.9. The van der Waals surface area contributed by atoms with Crippen molar-refractivity contribution in [2.45, 2.75) is 0 Å². The largest absolute Gasteiger partial charge is 0.457 e. The molecule has 2 aromatic heterocycles. The third-order valence-electron chi connectivity index (χ3n) is 4.95. The van der Waals surface area contributed by atoms with Crippen LogP contribution >= 0.6 is 0 Å². The minimum Gasteiger partial charge on any atom is -0.457 e. The standard InChI is InChI=1S/C23H19N7O2/c24-23(31)28-15-4-3-11-30(13-15)16-7-9-17(10-8-16)32-20-6-2-1-5-18(20)21-19-12-27-29-22(19)26-14-25-21/h1-10,12-14H,11H2,(H3,24,28,31)(H,25,26,27,29). The number of aromatic amines is 1. The lowest BCUT2D eigenvalue weighted by Gasteiger charge is -2.23. The Kier molecular flexibility index (Phi) is 4.97. The molecule has 9 heteroatoms. The average Bonchev–Trinajstić information content (AvgIpc) is 3.29. The maximum absolute atomic E-state index is 11.1. The topological polar surface area (TPSA) is 122 Å². The van der Waals surface area contributed by atoms with Crippen LogP contribution in [-0.2, 0) is 0 Å². The summed E-state index contributed by atoms with van der Waals surface area (Å²) in [5, 5.41) is 10.3. The minimum atomic E-state index is -0.596. The van der Waals surface area contributed by atoms with Crippen LogP contribution in [0.25, 0.3) is 22.3 Å². The summed E-state index contributed by atoms with van der Waals surface area (Å²) in [5.41, 5.74) is 9.05. The first-order chi connectivity index (χ1) is 15.7. The molecule has 0 fully saturated rings. The molecule has 158 valence electrons. The van der Waals surface area contributed by atoms with E-state index in [-0.39, 0.29) is 0 Å². The van der Waals surface area contributed by atoms with Crippen molar-refractivity contribution < 1.29 is 9.53 Å². The summed E-state index contributed by atoms with van der Waals surface area (Å²) in [4.78, 5) is 21.8. The Balaban J connectivity index is 1.39. The van der Waals surface area contributed by atoms with Gasteiger partial charge in [0, 0.05) is 24.0 Å². The molecule has 4 N–H and O–H groups in total. The Morgan fingerprint density at radius 3 is 2.81 bits per heavy atom. The second-order valence-electron chi connectivity index (χ2n) is 7.08. The Bertz CT molecular complexity index is 1340. The van der Waals surface area contributed by atoms with Crippen LogP contribution in [0.15, 0.2) is 85.1 Å². The van der Waals surface area contributed by atoms with Gasteiger partial charge in [0.2, 0.25) is 0 Å². The SMILES string of the molecule is NC(=O)NC1=CN(c2ccc(Oc3ccccc3-c3ncnc4[nH]ncc34)cc2)CC=C1. The molecular formula is C23H19N7O2. The number of amides is 2. The Hall–Kier alpha value is -4.66. The number of nitrogens with two attached hydrogens (primary N) is 1. The number of carbonyl (C=O) groups is 1. The van der Waals surface area contributed by atoms with Crippen molar-refractivity contribution in [1.82, 2.24) is 25.5 Å². The van der Waals surface area contributed by atoms with Gasteiger partial charge in [0.05, 0.1) is 23.0 Å². The van der Waals surface area contributed by atoms with Gasteiger partial charge >= 0.3 is 6.03 Å². The number of carbonyl (C=O) groups excluding carboxylic acids is 1. The number of anilines is 1. The summed E-state index contributed by atoms with van der Waals surface area (Å²) in [6.45, 7) is 0.682. The minimum absolute atomic E-state index is 0.596. The number of H-pyrrole nitrogens is 1. The number of primary amides is 1. The number of benzene rings is 2. The lowest BCUT2D eigenvalue weighted by Crippen LogP contribution is -2.31. The third-order valence-corrected chi connectivity index (χ3v) is 4.95. The van der Waals surface area contributed by atoms with E-state index in [1.807, 2.05) is 71.8 Å². The molecule has 0 atom stereocenters. The van der Waals surface area contributed by atoms with Crippen molar-refractivity contribution in [2.75, 3.05) is 11.4 Å². The van der Waals surface area contributed by atoms with E-state index in [4.69, 9.17) is 10.5 Å². The van der Waals surface area contributed by atoms with Crippen LogP contribution in [0.1, 0.15) is 0 Å². The molecule has 5 rings (SSSR count). The predicted octanol–water partition coefficient (Wildman–Crippen LogP) is 3.70. The number of urea groups is 1. The van der Waals surface area contributed by atoms with Gasteiger partial charge in [-0.1, -0.05) is 18.2 Å². The van der Waals surface area contributed by atoms with Gasteiger partial charge in [0.1, 0.15) is 17.8 Å². The Morgan fingerprint density at radius 1 is 1.12 bits per heavy atom. The van der Waals surface area contributed by atoms with Gasteiger partial charge in [0.15, 0.2) is 5.65 Å². The molecule has 0 saturated heterocycles. The number of allylic oxidation sites excluding steroid dienone is 1. The van der Waals surface area contributed by atoms with Gasteiger partial charge in [-0.25, -0.2) is 14.8 Å². The van der Waals surface area contributed by atoms with Crippen molar-refractivity contribution in [1.29, 1.82) is 0 Å². The number of aromatic nitrogens is 4. The van der Waals surface area contributed by atoms with Crippen LogP contribution in [-0.4, -0.2) is 32.7 Å². The summed E-state index contributed by atoms with van der Waals surface area (Å²) < 4.78 is 6.19. The summed E-state index contributed by atoms with van der Waals surface area (Å²) in [7, 11) is 0. The molecule has 32 heavy (non-hydrogen) atoms. The molecule has 0 bridgehead atoms. The molecule has 2 aromatic carbocycles. The van der Waals surface area contributed by atoms with E-state index in [2.05, 4.69) is 25.5 Å². The second kappa shape index (κ2) is 8.23. The molecule has 1 aliphatic rings. The van der Waals surface area contributed by atoms with Crippen molar-refractivity contribution in [2.24, 2.45) is 5.73 Å². The second-order valence-corrected chi connectivity index (χ2v) is 7.08. The fourth-order valence-electron chi connectivity index (χ4n) is 3.52. The quantitative estimate of drug-likeness (QED) is 0.448. The fraction of sp³-hybridized carbons (Fsp3) is 0.0435. The third kappa shape index (κ3) is 3.86. The van der Waals surface area contributed by atoms with Crippen molar-refractivity contribution in [3.63, 3.8) is 0 Å². The van der Waals surface area contributed by atoms with Crippen LogP contribution in [0, 0.1) is 0 Å². The van der Waals surface area contributed by atoms with E-state index < -0.39 is 6.03 Å². The van der Waals surface area contributed by atoms with Crippen molar-refractivity contribution in [3.8, 4) is 22.8 Å². The van der Waals surface area contributed by atoms with Crippen LogP contribution in [0.5, 0.6) is 11.5 Å². The maximum Gasteiger partial charge on any atom is 0.316 e. The molecular weight excluding hydrogens is 406 g/mol. The first kappa shape index (κ1) is 19.3. The molecule has 9 nitrogen and oxygen atoms in total. The maximum atomic E-state index is 11.1. The van der Waals surface area contributed by atoms with E-state index in [9.17, 15) is 4.79 Å². The van der Waals surface area contributed by atoms with Gasteiger partial charge in [-0.15, -0.1) is 0 Å². The average molecular weight is 425 g/mol. The number of para-hydroxylation sites is 1. The summed E-state index contributed by atoms with van der Waals surface area (Å²) in [5.74, 6) is 1.36. The van der Waals surface area contributed by atoms with E-state index in [1.54, 1.807) is 6.20 Å². The predicted molar refractivity (Wildman–Crippen MR) is 121 cm³/mol. The molecule has 0 radical (unpaired) electrons. The Labute approximate surface area is 183 Å². The first-order valence-electron chi connectivity index (χ1n) is 9.90. The molecule has 1 aliphatic heterocycles. The summed E-state index contributed by atoms with van der Waals surface area (Å²) in [6, 6.07) is 14.8. The highest BCUT2D eigenvalue weighted by Gasteiger charge is 2.14. The first-order valence-corrected chi connectivity index (χ1v) is 9.90. The van der Waals surface area contributed by atoms with E-state index in [0.29, 0.717) is 29.4 Å². The lowest BCUT2D eigenvalue weighted by molar-refractivity contribution is 0.251. The van der Waals surface area contributed by atoms with Gasteiger partial charge in [-0.2, -0.15) is 5.10 Å². The summed E-state index contributed by atoms with van der Waals surface area (Å²) in [6.07, 6.45) is 8.81. The number of hydrogen-bond acceptors (Lipinski definition) is 6. The van der Waals surface area contributed by atoms with Gasteiger partial charge < -0.3 is 20.7 Å². The molecule has 0 unspecified atom stereocenters. The number of fused-ring (bicyclic) bond motifs is 1. The van der Waals surface area contributed by atoms with Crippen molar-refractivity contribution in [3.05, 3.63) is 85.1 Å². The molecule has 0 saturated carbocycles. The number of hydrogen-bond donors (Lipinski definition) is 3. The highest BCUT2D eigenvalue weighted by Crippen LogP contribution is 2.35. The molecule has 3 heterocycles. The highest BCUT2D eigenvalue weighted by molar-refractivity contribution is 5.91. The zero-order valence-corrected chi connectivity index (χ0v) is 16.9. The molecule has 4 aromatic rings. The van der Waals surface area contributed by atoms with Gasteiger partial charge in [0.25, 0.3) is 0 Å². The summed E-state index contributed by atoms with van der Waals surface area (Å²) >= 11 is 0. The zero-order chi connectivity index (χ0) is 21.9. The number of ether oxygens (including phenoxy) is 1. The van der Waals surface area contributed by atoms with Crippen LogP contribution < -0.4 is 20.7 Å².